The molecule has 0 aliphatic heterocycles. The summed E-state index contributed by atoms with van der Waals surface area (Å²) < 4.78 is 12.2. The van der Waals surface area contributed by atoms with Gasteiger partial charge in [0.1, 0.15) is 0 Å². The van der Waals surface area contributed by atoms with Crippen molar-refractivity contribution >= 4 is 0 Å². The van der Waals surface area contributed by atoms with Crippen LogP contribution in [0.25, 0.3) is 0 Å². The van der Waals surface area contributed by atoms with E-state index in [0.717, 1.165) is 26.3 Å². The minimum atomic E-state index is -0.420. The second-order valence-electron chi connectivity index (χ2n) is 7.38. The summed E-state index contributed by atoms with van der Waals surface area (Å²) >= 11 is 0. The molecule has 0 saturated carbocycles. The molecule has 25 heavy (non-hydrogen) atoms. The molecule has 0 aliphatic carbocycles. The molecule has 3 heteroatoms. The van der Waals surface area contributed by atoms with Crippen molar-refractivity contribution in [2.24, 2.45) is 5.92 Å². The molecule has 0 radical (unpaired) electrons. The monoisotopic (exact) mass is 357 g/mol. The number of unbranched alkanes of at least 4 members (excludes halogenated alkanes) is 6. The minimum Gasteiger partial charge on any atom is -0.350 e. The zero-order valence-corrected chi connectivity index (χ0v) is 18.0. The van der Waals surface area contributed by atoms with E-state index in [1.54, 1.807) is 0 Å². The molecule has 0 saturated heterocycles. The molecule has 0 amide bonds. The summed E-state index contributed by atoms with van der Waals surface area (Å²) in [4.78, 5) is 0. The van der Waals surface area contributed by atoms with Crippen LogP contribution >= 0.6 is 0 Å². The Morgan fingerprint density at radius 2 is 1.20 bits per heavy atom. The van der Waals surface area contributed by atoms with Crippen molar-refractivity contribution in [3.05, 3.63) is 0 Å². The zero-order valence-electron chi connectivity index (χ0n) is 18.0. The second-order valence-corrected chi connectivity index (χ2v) is 7.38. The van der Waals surface area contributed by atoms with Gasteiger partial charge in [0, 0.05) is 19.1 Å². The van der Waals surface area contributed by atoms with Crippen LogP contribution in [0.2, 0.25) is 0 Å². The summed E-state index contributed by atoms with van der Waals surface area (Å²) in [6, 6.07) is 0. The van der Waals surface area contributed by atoms with Gasteiger partial charge in [-0.3, -0.25) is 0 Å². The summed E-state index contributed by atoms with van der Waals surface area (Å²) in [5.74, 6) is 0.0719. The normalized spacial score (nSPS) is 13.3. The standard InChI is InChI=1S/C22H47NO2/c1-6-10-12-13-14-15-17-21(18-16-20-23-19-11-7-2)22(5,24-8-3)25-9-4/h21,23H,6-20H2,1-5H3. The highest BCUT2D eigenvalue weighted by Gasteiger charge is 2.34. The van der Waals surface area contributed by atoms with Gasteiger partial charge in [-0.25, -0.2) is 0 Å². The van der Waals surface area contributed by atoms with Crippen LogP contribution in [0.3, 0.4) is 0 Å². The van der Waals surface area contributed by atoms with Crippen LogP contribution in [-0.4, -0.2) is 32.1 Å². The SMILES string of the molecule is CCCCCCCCC(CCCNCCCC)C(C)(OCC)OCC. The maximum Gasteiger partial charge on any atom is 0.168 e. The first-order chi connectivity index (χ1) is 12.1. The molecule has 152 valence electrons. The number of hydrogen-bond acceptors (Lipinski definition) is 3. The Bertz CT molecular complexity index is 249. The van der Waals surface area contributed by atoms with E-state index in [4.69, 9.17) is 9.47 Å². The molecule has 1 unspecified atom stereocenters. The van der Waals surface area contributed by atoms with Crippen molar-refractivity contribution < 1.29 is 9.47 Å². The van der Waals surface area contributed by atoms with Crippen molar-refractivity contribution in [3.8, 4) is 0 Å². The summed E-state index contributed by atoms with van der Waals surface area (Å²) in [6.07, 6.45) is 14.3. The zero-order chi connectivity index (χ0) is 18.8. The first kappa shape index (κ1) is 24.9. The Morgan fingerprint density at radius 1 is 0.680 bits per heavy atom. The third-order valence-corrected chi connectivity index (χ3v) is 5.12. The molecule has 0 aliphatic rings. The van der Waals surface area contributed by atoms with Crippen LogP contribution in [0.5, 0.6) is 0 Å². The number of ether oxygens (including phenoxy) is 2. The molecule has 1 atom stereocenters. The largest absolute Gasteiger partial charge is 0.350 e. The van der Waals surface area contributed by atoms with Crippen molar-refractivity contribution in [2.45, 2.75) is 111 Å². The van der Waals surface area contributed by atoms with Crippen LogP contribution in [-0.2, 0) is 9.47 Å². The van der Waals surface area contributed by atoms with Gasteiger partial charge in [0.05, 0.1) is 0 Å². The van der Waals surface area contributed by atoms with E-state index in [0.29, 0.717) is 5.92 Å². The van der Waals surface area contributed by atoms with E-state index in [-0.39, 0.29) is 0 Å². The number of rotatable bonds is 19. The van der Waals surface area contributed by atoms with Crippen LogP contribution in [0, 0.1) is 5.92 Å². The molecule has 0 aromatic heterocycles. The molecule has 0 fully saturated rings. The fraction of sp³-hybridized carbons (Fsp3) is 1.00. The molecule has 0 aromatic rings. The van der Waals surface area contributed by atoms with E-state index >= 15 is 0 Å². The highest BCUT2D eigenvalue weighted by Crippen LogP contribution is 2.32. The van der Waals surface area contributed by atoms with E-state index in [9.17, 15) is 0 Å². The van der Waals surface area contributed by atoms with Gasteiger partial charge in [0.25, 0.3) is 0 Å². The van der Waals surface area contributed by atoms with Gasteiger partial charge in [-0.05, 0) is 59.5 Å². The summed E-state index contributed by atoms with van der Waals surface area (Å²) in [5, 5.41) is 3.57. The van der Waals surface area contributed by atoms with Gasteiger partial charge in [-0.2, -0.15) is 0 Å². The summed E-state index contributed by atoms with van der Waals surface area (Å²) in [7, 11) is 0. The predicted octanol–water partition coefficient (Wildman–Crippen LogP) is 6.31. The quantitative estimate of drug-likeness (QED) is 0.217. The van der Waals surface area contributed by atoms with Crippen LogP contribution in [0.1, 0.15) is 105 Å². The van der Waals surface area contributed by atoms with Gasteiger partial charge in [0.2, 0.25) is 0 Å². The molecule has 0 spiro atoms. The Hall–Kier alpha value is -0.120. The molecule has 0 heterocycles. The molecule has 1 N–H and O–H groups in total. The highest BCUT2D eigenvalue weighted by molar-refractivity contribution is 4.76. The fourth-order valence-corrected chi connectivity index (χ4v) is 3.59. The van der Waals surface area contributed by atoms with Crippen molar-refractivity contribution in [2.75, 3.05) is 26.3 Å². The Balaban J connectivity index is 4.37. The average molecular weight is 358 g/mol. The van der Waals surface area contributed by atoms with Crippen molar-refractivity contribution in [1.82, 2.24) is 5.32 Å². The Morgan fingerprint density at radius 3 is 1.80 bits per heavy atom. The fourth-order valence-electron chi connectivity index (χ4n) is 3.59. The first-order valence-corrected chi connectivity index (χ1v) is 11.1. The lowest BCUT2D eigenvalue weighted by molar-refractivity contribution is -0.254. The molecular formula is C22H47NO2. The molecule has 0 rings (SSSR count). The molecule has 3 nitrogen and oxygen atoms in total. The van der Waals surface area contributed by atoms with E-state index < -0.39 is 5.79 Å². The third kappa shape index (κ3) is 12.8. The minimum absolute atomic E-state index is 0.420. The average Bonchev–Trinajstić information content (AvgIpc) is 2.59. The molecule has 0 aromatic carbocycles. The van der Waals surface area contributed by atoms with Gasteiger partial charge in [-0.15, -0.1) is 0 Å². The summed E-state index contributed by atoms with van der Waals surface area (Å²) in [5.41, 5.74) is 0. The highest BCUT2D eigenvalue weighted by atomic mass is 16.7. The lowest BCUT2D eigenvalue weighted by atomic mass is 9.88. The second kappa shape index (κ2) is 17.3. The third-order valence-electron chi connectivity index (χ3n) is 5.12. The Kier molecular flexibility index (Phi) is 17.2. The molecular weight excluding hydrogens is 310 g/mol. The Labute approximate surface area is 158 Å². The van der Waals surface area contributed by atoms with Gasteiger partial charge < -0.3 is 14.8 Å². The van der Waals surface area contributed by atoms with Crippen LogP contribution in [0.4, 0.5) is 0 Å². The van der Waals surface area contributed by atoms with Crippen LogP contribution < -0.4 is 5.32 Å². The predicted molar refractivity (Wildman–Crippen MR) is 110 cm³/mol. The van der Waals surface area contributed by atoms with Gasteiger partial charge >= 0.3 is 0 Å². The first-order valence-electron chi connectivity index (χ1n) is 11.1. The maximum absolute atomic E-state index is 6.08. The van der Waals surface area contributed by atoms with Gasteiger partial charge in [-0.1, -0.05) is 58.8 Å². The van der Waals surface area contributed by atoms with E-state index in [1.807, 2.05) is 0 Å². The number of nitrogens with one attached hydrogen (secondary N) is 1. The lowest BCUT2D eigenvalue weighted by Crippen LogP contribution is -2.41. The topological polar surface area (TPSA) is 30.5 Å². The smallest absolute Gasteiger partial charge is 0.168 e. The van der Waals surface area contributed by atoms with Crippen LogP contribution in [0.15, 0.2) is 0 Å². The van der Waals surface area contributed by atoms with Crippen molar-refractivity contribution in [3.63, 3.8) is 0 Å². The molecule has 0 bridgehead atoms. The summed E-state index contributed by atoms with van der Waals surface area (Å²) in [6.45, 7) is 14.5. The van der Waals surface area contributed by atoms with Gasteiger partial charge in [0.15, 0.2) is 5.79 Å². The van der Waals surface area contributed by atoms with E-state index in [1.165, 1.54) is 70.6 Å². The number of hydrogen-bond donors (Lipinski definition) is 1. The lowest BCUT2D eigenvalue weighted by Gasteiger charge is -2.37. The maximum atomic E-state index is 6.08. The van der Waals surface area contributed by atoms with Crippen molar-refractivity contribution in [1.29, 1.82) is 0 Å². The van der Waals surface area contributed by atoms with E-state index in [2.05, 4.69) is 39.9 Å².